The Morgan fingerprint density at radius 3 is 2.69 bits per heavy atom. The van der Waals surface area contributed by atoms with Crippen LogP contribution in [-0.4, -0.2) is 15.7 Å². The summed E-state index contributed by atoms with van der Waals surface area (Å²) in [5.41, 5.74) is 0.720. The molecule has 0 atom stereocenters. The summed E-state index contributed by atoms with van der Waals surface area (Å²) >= 11 is 0. The number of imidazole rings is 1. The Hall–Kier alpha value is -1.00. The molecule has 1 aromatic heterocycles. The van der Waals surface area contributed by atoms with Crippen molar-refractivity contribution in [1.82, 2.24) is 9.55 Å². The van der Waals surface area contributed by atoms with Gasteiger partial charge in [0, 0.05) is 17.8 Å². The predicted molar refractivity (Wildman–Crippen MR) is 40.3 cm³/mol. The summed E-state index contributed by atoms with van der Waals surface area (Å²) in [4.78, 5) is 3.73. The second kappa shape index (κ2) is 2.75. The summed E-state index contributed by atoms with van der Waals surface area (Å²) in [6, 6.07) is 0. The molecule has 2 rings (SSSR count). The molecule has 0 unspecified atom stereocenters. The summed E-state index contributed by atoms with van der Waals surface area (Å²) in [5, 5.41) is 0. The van der Waals surface area contributed by atoms with Gasteiger partial charge in [0.25, 0.3) is 0 Å². The fourth-order valence-electron chi connectivity index (χ4n) is 1.38. The van der Waals surface area contributed by atoms with Gasteiger partial charge in [0.1, 0.15) is 6.54 Å². The molecule has 0 amide bonds. The summed E-state index contributed by atoms with van der Waals surface area (Å²) in [5.74, 6) is 0.310. The zero-order chi connectivity index (χ0) is 9.47. The molecule has 0 spiro atoms. The average molecular weight is 190 g/mol. The molecule has 2 nitrogen and oxygen atoms in total. The molecule has 0 N–H and O–H groups in total. The van der Waals surface area contributed by atoms with Crippen LogP contribution in [0.3, 0.4) is 0 Å². The maximum atomic E-state index is 12.0. The highest BCUT2D eigenvalue weighted by molar-refractivity contribution is 5.12. The van der Waals surface area contributed by atoms with Crippen LogP contribution in [0.15, 0.2) is 12.5 Å². The summed E-state index contributed by atoms with van der Waals surface area (Å²) < 4.78 is 37.3. The van der Waals surface area contributed by atoms with E-state index in [4.69, 9.17) is 0 Å². The van der Waals surface area contributed by atoms with Crippen LogP contribution in [-0.2, 0) is 6.54 Å². The van der Waals surface area contributed by atoms with E-state index in [1.54, 1.807) is 0 Å². The fourth-order valence-corrected chi connectivity index (χ4v) is 1.38. The van der Waals surface area contributed by atoms with Gasteiger partial charge in [0.05, 0.1) is 6.33 Å². The van der Waals surface area contributed by atoms with Gasteiger partial charge < -0.3 is 4.57 Å². The van der Waals surface area contributed by atoms with Gasteiger partial charge in [0.15, 0.2) is 0 Å². The van der Waals surface area contributed by atoms with E-state index < -0.39 is 12.7 Å². The Kier molecular flexibility index (Phi) is 1.82. The average Bonchev–Trinajstić information content (AvgIpc) is 2.72. The fraction of sp³-hybridized carbons (Fsp3) is 0.625. The van der Waals surface area contributed by atoms with Crippen LogP contribution in [0.25, 0.3) is 0 Å². The molecule has 1 fully saturated rings. The lowest BCUT2D eigenvalue weighted by atomic mass is 10.3. The first-order chi connectivity index (χ1) is 6.06. The number of hydrogen-bond donors (Lipinski definition) is 0. The smallest absolute Gasteiger partial charge is 0.325 e. The van der Waals surface area contributed by atoms with Crippen molar-refractivity contribution in [3.05, 3.63) is 18.2 Å². The Morgan fingerprint density at radius 2 is 2.15 bits per heavy atom. The maximum Gasteiger partial charge on any atom is 0.406 e. The van der Waals surface area contributed by atoms with E-state index in [0.717, 1.165) is 18.5 Å². The second-order valence-electron chi connectivity index (χ2n) is 3.34. The number of nitrogens with zero attached hydrogens (tertiary/aromatic N) is 2. The molecule has 1 heterocycles. The third-order valence-corrected chi connectivity index (χ3v) is 2.09. The number of halogens is 3. The second-order valence-corrected chi connectivity index (χ2v) is 3.34. The van der Waals surface area contributed by atoms with Crippen LogP contribution in [0, 0.1) is 0 Å². The largest absolute Gasteiger partial charge is 0.406 e. The zero-order valence-corrected chi connectivity index (χ0v) is 6.88. The lowest BCUT2D eigenvalue weighted by Gasteiger charge is -2.09. The molecule has 13 heavy (non-hydrogen) atoms. The molecular formula is C8H9F3N2. The minimum absolute atomic E-state index is 0.310. The quantitative estimate of drug-likeness (QED) is 0.699. The monoisotopic (exact) mass is 190 g/mol. The minimum Gasteiger partial charge on any atom is -0.325 e. The molecule has 5 heteroatoms. The first-order valence-electron chi connectivity index (χ1n) is 4.13. The van der Waals surface area contributed by atoms with Crippen LogP contribution in [0.4, 0.5) is 13.2 Å². The third kappa shape index (κ3) is 2.02. The molecule has 0 aliphatic heterocycles. The van der Waals surface area contributed by atoms with Gasteiger partial charge in [-0.1, -0.05) is 0 Å². The number of rotatable bonds is 2. The Labute approximate surface area is 73.4 Å². The molecule has 0 saturated heterocycles. The van der Waals surface area contributed by atoms with E-state index in [-0.39, 0.29) is 0 Å². The summed E-state index contributed by atoms with van der Waals surface area (Å²) in [6.07, 6.45) is 0.613. The van der Waals surface area contributed by atoms with Gasteiger partial charge in [-0.2, -0.15) is 13.2 Å². The molecule has 1 aromatic rings. The van der Waals surface area contributed by atoms with Crippen molar-refractivity contribution in [2.75, 3.05) is 0 Å². The minimum atomic E-state index is -4.15. The normalized spacial score (nSPS) is 17.8. The van der Waals surface area contributed by atoms with Gasteiger partial charge in [-0.3, -0.25) is 0 Å². The zero-order valence-electron chi connectivity index (χ0n) is 6.88. The highest BCUT2D eigenvalue weighted by Gasteiger charge is 2.32. The van der Waals surface area contributed by atoms with Crippen molar-refractivity contribution in [1.29, 1.82) is 0 Å². The van der Waals surface area contributed by atoms with E-state index in [2.05, 4.69) is 4.98 Å². The highest BCUT2D eigenvalue weighted by atomic mass is 19.4. The van der Waals surface area contributed by atoms with Gasteiger partial charge in [0.2, 0.25) is 0 Å². The first-order valence-corrected chi connectivity index (χ1v) is 4.13. The van der Waals surface area contributed by atoms with Crippen LogP contribution in [0.2, 0.25) is 0 Å². The number of hydrogen-bond acceptors (Lipinski definition) is 1. The summed E-state index contributed by atoms with van der Waals surface area (Å²) in [6.45, 7) is -0.918. The Balaban J connectivity index is 2.15. The SMILES string of the molecule is FC(F)(F)Cn1cncc1C1CC1. The molecule has 0 bridgehead atoms. The van der Waals surface area contributed by atoms with Crippen LogP contribution in [0.1, 0.15) is 24.5 Å². The molecule has 1 aliphatic carbocycles. The maximum absolute atomic E-state index is 12.0. The van der Waals surface area contributed by atoms with Crippen LogP contribution >= 0.6 is 0 Å². The van der Waals surface area contributed by atoms with Gasteiger partial charge in [-0.15, -0.1) is 0 Å². The van der Waals surface area contributed by atoms with Crippen molar-refractivity contribution in [2.45, 2.75) is 31.5 Å². The molecule has 0 radical (unpaired) electrons. The van der Waals surface area contributed by atoms with E-state index in [0.29, 0.717) is 5.92 Å². The Bertz CT molecular complexity index is 299. The van der Waals surface area contributed by atoms with Gasteiger partial charge >= 0.3 is 6.18 Å². The number of aromatic nitrogens is 2. The van der Waals surface area contributed by atoms with Crippen molar-refractivity contribution in [3.8, 4) is 0 Å². The molecule has 1 saturated carbocycles. The van der Waals surface area contributed by atoms with E-state index in [9.17, 15) is 13.2 Å². The molecule has 0 aromatic carbocycles. The molecular weight excluding hydrogens is 181 g/mol. The first kappa shape index (κ1) is 8.59. The van der Waals surface area contributed by atoms with Crippen molar-refractivity contribution >= 4 is 0 Å². The van der Waals surface area contributed by atoms with Crippen LogP contribution in [0.5, 0.6) is 0 Å². The molecule has 1 aliphatic rings. The van der Waals surface area contributed by atoms with E-state index >= 15 is 0 Å². The van der Waals surface area contributed by atoms with E-state index in [1.165, 1.54) is 17.1 Å². The van der Waals surface area contributed by atoms with Crippen LogP contribution < -0.4 is 0 Å². The van der Waals surface area contributed by atoms with Crippen molar-refractivity contribution in [2.24, 2.45) is 0 Å². The lowest BCUT2D eigenvalue weighted by molar-refractivity contribution is -0.141. The lowest BCUT2D eigenvalue weighted by Crippen LogP contribution is -2.18. The molecule has 72 valence electrons. The Morgan fingerprint density at radius 1 is 1.46 bits per heavy atom. The van der Waals surface area contributed by atoms with Gasteiger partial charge in [-0.05, 0) is 12.8 Å². The topological polar surface area (TPSA) is 17.8 Å². The summed E-state index contributed by atoms with van der Waals surface area (Å²) in [7, 11) is 0. The standard InChI is InChI=1S/C8H9F3N2/c9-8(10,11)4-13-5-12-3-7(13)6-1-2-6/h3,5-6H,1-2,4H2. The third-order valence-electron chi connectivity index (χ3n) is 2.09. The number of alkyl halides is 3. The van der Waals surface area contributed by atoms with E-state index in [1.807, 2.05) is 0 Å². The predicted octanol–water partition coefficient (Wildman–Crippen LogP) is 2.32. The highest BCUT2D eigenvalue weighted by Crippen LogP contribution is 2.40. The van der Waals surface area contributed by atoms with Crippen molar-refractivity contribution < 1.29 is 13.2 Å². The van der Waals surface area contributed by atoms with Gasteiger partial charge in [-0.25, -0.2) is 4.98 Å². The van der Waals surface area contributed by atoms with Crippen molar-refractivity contribution in [3.63, 3.8) is 0 Å².